The van der Waals surface area contributed by atoms with Gasteiger partial charge in [0.2, 0.25) is 10.0 Å². The molecular formula is C12H15NO3S. The van der Waals surface area contributed by atoms with Gasteiger partial charge in [-0.05, 0) is 19.1 Å². The Balaban J connectivity index is 2.91. The fraction of sp³-hybridized carbons (Fsp3) is 0.333. The fourth-order valence-electron chi connectivity index (χ4n) is 1.20. The Labute approximate surface area is 102 Å². The fourth-order valence-corrected chi connectivity index (χ4v) is 2.27. The second-order valence-corrected chi connectivity index (χ2v) is 5.63. The number of aliphatic hydroxyl groups excluding tert-OH is 1. The number of hydrogen-bond donors (Lipinski definition) is 1. The molecule has 0 unspecified atom stereocenters. The van der Waals surface area contributed by atoms with Gasteiger partial charge in [0, 0.05) is 7.05 Å². The third-order valence-corrected chi connectivity index (χ3v) is 4.05. The van der Waals surface area contributed by atoms with Crippen LogP contribution in [0.15, 0.2) is 29.2 Å². The van der Waals surface area contributed by atoms with Gasteiger partial charge in [-0.2, -0.15) is 4.31 Å². The van der Waals surface area contributed by atoms with E-state index in [9.17, 15) is 8.42 Å². The first-order valence-corrected chi connectivity index (χ1v) is 6.52. The van der Waals surface area contributed by atoms with E-state index in [4.69, 9.17) is 5.11 Å². The highest BCUT2D eigenvalue weighted by atomic mass is 32.2. The molecule has 0 heterocycles. The summed E-state index contributed by atoms with van der Waals surface area (Å²) in [7, 11) is -2.03. The highest BCUT2D eigenvalue weighted by Crippen LogP contribution is 2.14. The van der Waals surface area contributed by atoms with Crippen LogP contribution in [0.5, 0.6) is 0 Å². The summed E-state index contributed by atoms with van der Waals surface area (Å²) in [5.74, 6) is 4.98. The Kier molecular flexibility index (Phi) is 4.70. The maximum atomic E-state index is 12.0. The smallest absolute Gasteiger partial charge is 0.243 e. The highest BCUT2D eigenvalue weighted by molar-refractivity contribution is 7.89. The second-order valence-electron chi connectivity index (χ2n) is 3.59. The molecule has 0 saturated heterocycles. The van der Waals surface area contributed by atoms with Crippen LogP contribution in [0.2, 0.25) is 0 Å². The lowest BCUT2D eigenvalue weighted by atomic mass is 10.2. The quantitative estimate of drug-likeness (QED) is 0.803. The van der Waals surface area contributed by atoms with E-state index in [2.05, 4.69) is 11.8 Å². The van der Waals surface area contributed by atoms with Crippen molar-refractivity contribution < 1.29 is 13.5 Å². The third-order valence-electron chi connectivity index (χ3n) is 2.23. The molecule has 0 radical (unpaired) electrons. The van der Waals surface area contributed by atoms with Crippen LogP contribution in [0.25, 0.3) is 0 Å². The van der Waals surface area contributed by atoms with Crippen molar-refractivity contribution in [2.24, 2.45) is 0 Å². The Morgan fingerprint density at radius 3 is 2.35 bits per heavy atom. The van der Waals surface area contributed by atoms with E-state index in [1.807, 2.05) is 6.92 Å². The second kappa shape index (κ2) is 5.82. The summed E-state index contributed by atoms with van der Waals surface area (Å²) >= 11 is 0. The Hall–Kier alpha value is -1.35. The van der Waals surface area contributed by atoms with Gasteiger partial charge in [-0.3, -0.25) is 0 Å². The number of nitrogens with zero attached hydrogens (tertiary/aromatic N) is 1. The van der Waals surface area contributed by atoms with Crippen molar-refractivity contribution in [3.8, 4) is 11.8 Å². The molecule has 0 spiro atoms. The lowest BCUT2D eigenvalue weighted by Gasteiger charge is -2.14. The minimum atomic E-state index is -3.49. The number of aryl methyl sites for hydroxylation is 1. The first kappa shape index (κ1) is 13.7. The van der Waals surface area contributed by atoms with Crippen molar-refractivity contribution >= 4 is 10.0 Å². The van der Waals surface area contributed by atoms with Crippen molar-refractivity contribution in [1.29, 1.82) is 0 Å². The molecule has 0 aliphatic carbocycles. The van der Waals surface area contributed by atoms with Crippen molar-refractivity contribution in [3.63, 3.8) is 0 Å². The molecule has 1 N–H and O–H groups in total. The van der Waals surface area contributed by atoms with Gasteiger partial charge < -0.3 is 5.11 Å². The maximum absolute atomic E-state index is 12.0. The van der Waals surface area contributed by atoms with Crippen LogP contribution >= 0.6 is 0 Å². The largest absolute Gasteiger partial charge is 0.384 e. The summed E-state index contributed by atoms with van der Waals surface area (Å²) in [4.78, 5) is 0.247. The van der Waals surface area contributed by atoms with Crippen molar-refractivity contribution in [2.45, 2.75) is 11.8 Å². The Bertz CT molecular complexity index is 523. The highest BCUT2D eigenvalue weighted by Gasteiger charge is 2.19. The van der Waals surface area contributed by atoms with Crippen molar-refractivity contribution in [1.82, 2.24) is 4.31 Å². The predicted octanol–water partition coefficient (Wildman–Crippen LogP) is 0.611. The molecule has 5 heteroatoms. The van der Waals surface area contributed by atoms with Crippen LogP contribution in [0.3, 0.4) is 0 Å². The standard InChI is InChI=1S/C12H15NO3S/c1-11-5-7-12(8-6-11)17(15,16)13(2)9-3-4-10-14/h5-8,14H,9-10H2,1-2H3. The monoisotopic (exact) mass is 253 g/mol. The molecule has 92 valence electrons. The van der Waals surface area contributed by atoms with Gasteiger partial charge >= 0.3 is 0 Å². The molecule has 0 aromatic heterocycles. The van der Waals surface area contributed by atoms with Gasteiger partial charge in [-0.1, -0.05) is 29.5 Å². The molecule has 0 aliphatic rings. The van der Waals surface area contributed by atoms with Gasteiger partial charge in [-0.25, -0.2) is 8.42 Å². The molecule has 1 aromatic rings. The molecule has 0 saturated carbocycles. The topological polar surface area (TPSA) is 57.6 Å². The summed E-state index contributed by atoms with van der Waals surface area (Å²) in [5, 5.41) is 8.49. The van der Waals surface area contributed by atoms with Gasteiger partial charge in [0.1, 0.15) is 6.61 Å². The van der Waals surface area contributed by atoms with Crippen molar-refractivity contribution in [2.75, 3.05) is 20.2 Å². The maximum Gasteiger partial charge on any atom is 0.243 e. The number of aliphatic hydroxyl groups is 1. The first-order chi connectivity index (χ1) is 7.98. The van der Waals surface area contributed by atoms with E-state index in [1.54, 1.807) is 24.3 Å². The van der Waals surface area contributed by atoms with Crippen LogP contribution in [0, 0.1) is 18.8 Å². The molecule has 0 aliphatic heterocycles. The van der Waals surface area contributed by atoms with E-state index in [-0.39, 0.29) is 18.0 Å². The molecule has 0 amide bonds. The van der Waals surface area contributed by atoms with Crippen LogP contribution in [0.4, 0.5) is 0 Å². The number of benzene rings is 1. The third kappa shape index (κ3) is 3.56. The van der Waals surface area contributed by atoms with E-state index < -0.39 is 10.0 Å². The number of rotatable bonds is 3. The number of sulfonamides is 1. The molecule has 0 bridgehead atoms. The SMILES string of the molecule is Cc1ccc(S(=O)(=O)N(C)CC#CCO)cc1. The van der Waals surface area contributed by atoms with E-state index in [0.29, 0.717) is 0 Å². The van der Waals surface area contributed by atoms with Crippen LogP contribution in [0.1, 0.15) is 5.56 Å². The molecule has 17 heavy (non-hydrogen) atoms. The molecule has 1 rings (SSSR count). The minimum Gasteiger partial charge on any atom is -0.384 e. The van der Waals surface area contributed by atoms with Crippen LogP contribution in [-0.4, -0.2) is 38.0 Å². The summed E-state index contributed by atoms with van der Waals surface area (Å²) < 4.78 is 25.2. The molecule has 0 fully saturated rings. The summed E-state index contributed by atoms with van der Waals surface area (Å²) in [6, 6.07) is 6.64. The van der Waals surface area contributed by atoms with Gasteiger partial charge in [0.25, 0.3) is 0 Å². The van der Waals surface area contributed by atoms with E-state index in [0.717, 1.165) is 9.87 Å². The van der Waals surface area contributed by atoms with Gasteiger partial charge in [0.05, 0.1) is 11.4 Å². The van der Waals surface area contributed by atoms with Crippen molar-refractivity contribution in [3.05, 3.63) is 29.8 Å². The average Bonchev–Trinajstić information content (AvgIpc) is 2.29. The van der Waals surface area contributed by atoms with Gasteiger partial charge in [0.15, 0.2) is 0 Å². The zero-order valence-corrected chi connectivity index (χ0v) is 10.7. The molecular weight excluding hydrogens is 238 g/mol. The predicted molar refractivity (Wildman–Crippen MR) is 65.9 cm³/mol. The van der Waals surface area contributed by atoms with Crippen LogP contribution < -0.4 is 0 Å². The zero-order chi connectivity index (χ0) is 12.9. The normalized spacial score (nSPS) is 11.1. The van der Waals surface area contributed by atoms with E-state index in [1.165, 1.54) is 7.05 Å². The summed E-state index contributed by atoms with van der Waals surface area (Å²) in [6.07, 6.45) is 0. The Morgan fingerprint density at radius 1 is 1.24 bits per heavy atom. The lowest BCUT2D eigenvalue weighted by molar-refractivity contribution is 0.350. The summed E-state index contributed by atoms with van der Waals surface area (Å²) in [5.41, 5.74) is 1.01. The van der Waals surface area contributed by atoms with E-state index >= 15 is 0 Å². The summed E-state index contributed by atoms with van der Waals surface area (Å²) in [6.45, 7) is 1.70. The first-order valence-electron chi connectivity index (χ1n) is 5.08. The molecule has 1 aromatic carbocycles. The lowest BCUT2D eigenvalue weighted by Crippen LogP contribution is -2.27. The van der Waals surface area contributed by atoms with Gasteiger partial charge in [-0.15, -0.1) is 0 Å². The molecule has 0 atom stereocenters. The Morgan fingerprint density at radius 2 is 1.82 bits per heavy atom. The van der Waals surface area contributed by atoms with Crippen LogP contribution in [-0.2, 0) is 10.0 Å². The molecule has 4 nitrogen and oxygen atoms in total. The average molecular weight is 253 g/mol. The minimum absolute atomic E-state index is 0.0662. The zero-order valence-electron chi connectivity index (χ0n) is 9.84. The number of hydrogen-bond acceptors (Lipinski definition) is 3.